The Morgan fingerprint density at radius 2 is 1.93 bits per heavy atom. The highest BCUT2D eigenvalue weighted by molar-refractivity contribution is 7.16. The second kappa shape index (κ2) is 7.25. The van der Waals surface area contributed by atoms with Crippen molar-refractivity contribution in [2.45, 2.75) is 27.2 Å². The highest BCUT2D eigenvalue weighted by Gasteiger charge is 2.16. The number of halogens is 1. The van der Waals surface area contributed by atoms with Gasteiger partial charge in [0.15, 0.2) is 10.8 Å². The van der Waals surface area contributed by atoms with Crippen LogP contribution in [0.4, 0.5) is 9.52 Å². The minimum Gasteiger partial charge on any atom is -0.302 e. The fourth-order valence-corrected chi connectivity index (χ4v) is 4.11. The predicted octanol–water partition coefficient (Wildman–Crippen LogP) is 3.39. The third-order valence-corrected chi connectivity index (χ3v) is 5.59. The Morgan fingerprint density at radius 1 is 1.21 bits per heavy atom. The topological polar surface area (TPSA) is 92.1 Å². The van der Waals surface area contributed by atoms with Crippen LogP contribution in [0.15, 0.2) is 35.1 Å². The minimum atomic E-state index is -0.310. The lowest BCUT2D eigenvalue weighted by atomic mass is 10.1. The van der Waals surface area contributed by atoms with Crippen LogP contribution in [0, 0.1) is 26.6 Å². The van der Waals surface area contributed by atoms with Gasteiger partial charge < -0.3 is 5.32 Å². The maximum Gasteiger partial charge on any atom is 0.266 e. The average molecular weight is 411 g/mol. The summed E-state index contributed by atoms with van der Waals surface area (Å²) >= 11 is 1.36. The Kier molecular flexibility index (Phi) is 4.75. The van der Waals surface area contributed by atoms with E-state index in [9.17, 15) is 14.0 Å². The third kappa shape index (κ3) is 3.68. The number of thiazole rings is 1. The normalized spacial score (nSPS) is 11.2. The smallest absolute Gasteiger partial charge is 0.266 e. The standard InChI is InChI=1S/C20H18FN5O2S/c1-10-15(11(2)26-16(22-10)9-18(28)25-26)8-17(27)23-20-24-19(12(3)29-20)13-4-6-14(21)7-5-13/h4-7,9H,8H2,1-3H3,(H,25,28)(H,23,24,27). The van der Waals surface area contributed by atoms with Gasteiger partial charge in [-0.05, 0) is 45.0 Å². The molecule has 3 aromatic heterocycles. The highest BCUT2D eigenvalue weighted by atomic mass is 32.1. The molecule has 0 saturated heterocycles. The molecule has 0 aliphatic carbocycles. The molecule has 1 amide bonds. The van der Waals surface area contributed by atoms with Gasteiger partial charge in [0.25, 0.3) is 5.56 Å². The molecule has 9 heteroatoms. The number of anilines is 1. The van der Waals surface area contributed by atoms with E-state index in [4.69, 9.17) is 0 Å². The molecule has 3 heterocycles. The first-order chi connectivity index (χ1) is 13.8. The van der Waals surface area contributed by atoms with Crippen LogP contribution in [0.1, 0.15) is 21.8 Å². The molecule has 7 nitrogen and oxygen atoms in total. The molecule has 148 valence electrons. The van der Waals surface area contributed by atoms with Gasteiger partial charge in [-0.3, -0.25) is 14.7 Å². The number of H-pyrrole nitrogens is 1. The Labute approximate surface area is 169 Å². The number of aromatic amines is 1. The summed E-state index contributed by atoms with van der Waals surface area (Å²) in [5.41, 5.74) is 3.98. The summed E-state index contributed by atoms with van der Waals surface area (Å²) in [5, 5.41) is 5.98. The first-order valence-electron chi connectivity index (χ1n) is 8.93. The fraction of sp³-hybridized carbons (Fsp3) is 0.200. The molecule has 1 aromatic carbocycles. The van der Waals surface area contributed by atoms with E-state index in [1.54, 1.807) is 16.6 Å². The number of amides is 1. The lowest BCUT2D eigenvalue weighted by molar-refractivity contribution is -0.115. The van der Waals surface area contributed by atoms with Crippen molar-refractivity contribution in [1.82, 2.24) is 19.6 Å². The molecule has 0 fully saturated rings. The van der Waals surface area contributed by atoms with Gasteiger partial charge in [0.1, 0.15) is 5.82 Å². The van der Waals surface area contributed by atoms with E-state index in [0.29, 0.717) is 22.2 Å². The van der Waals surface area contributed by atoms with E-state index in [1.165, 1.54) is 29.5 Å². The number of rotatable bonds is 4. The number of fused-ring (bicyclic) bond motifs is 1. The summed E-state index contributed by atoms with van der Waals surface area (Å²) in [6.07, 6.45) is 0.103. The van der Waals surface area contributed by atoms with E-state index < -0.39 is 0 Å². The van der Waals surface area contributed by atoms with Gasteiger partial charge >= 0.3 is 0 Å². The van der Waals surface area contributed by atoms with Crippen LogP contribution >= 0.6 is 11.3 Å². The summed E-state index contributed by atoms with van der Waals surface area (Å²) in [6, 6.07) is 7.50. The molecule has 4 rings (SSSR count). The van der Waals surface area contributed by atoms with Crippen LogP contribution in [0.25, 0.3) is 16.9 Å². The van der Waals surface area contributed by atoms with E-state index in [2.05, 4.69) is 20.4 Å². The molecule has 0 radical (unpaired) electrons. The molecule has 0 unspecified atom stereocenters. The highest BCUT2D eigenvalue weighted by Crippen LogP contribution is 2.30. The number of hydrogen-bond donors (Lipinski definition) is 2. The van der Waals surface area contributed by atoms with Gasteiger partial charge in [0.2, 0.25) is 5.91 Å². The van der Waals surface area contributed by atoms with Gasteiger partial charge in [0, 0.05) is 33.5 Å². The summed E-state index contributed by atoms with van der Waals surface area (Å²) in [4.78, 5) is 34.0. The molecule has 0 atom stereocenters. The summed E-state index contributed by atoms with van der Waals surface area (Å²) < 4.78 is 14.7. The second-order valence-electron chi connectivity index (χ2n) is 6.73. The Morgan fingerprint density at radius 3 is 2.66 bits per heavy atom. The molecule has 29 heavy (non-hydrogen) atoms. The van der Waals surface area contributed by atoms with Crippen molar-refractivity contribution >= 4 is 28.0 Å². The van der Waals surface area contributed by atoms with E-state index >= 15 is 0 Å². The number of aromatic nitrogens is 4. The van der Waals surface area contributed by atoms with E-state index in [1.807, 2.05) is 20.8 Å². The van der Waals surface area contributed by atoms with Gasteiger partial charge in [-0.15, -0.1) is 11.3 Å². The molecule has 0 bridgehead atoms. The number of nitrogens with one attached hydrogen (secondary N) is 2. The predicted molar refractivity (Wildman–Crippen MR) is 110 cm³/mol. The maximum absolute atomic E-state index is 13.2. The number of benzene rings is 1. The SMILES string of the molecule is Cc1nc2cc(=O)[nH]n2c(C)c1CC(=O)Nc1nc(-c2ccc(F)cc2)c(C)s1. The van der Waals surface area contributed by atoms with Crippen molar-refractivity contribution in [3.05, 3.63) is 68.3 Å². The number of carbonyl (C=O) groups is 1. The average Bonchev–Trinajstić information content (AvgIpc) is 3.21. The molecular weight excluding hydrogens is 393 g/mol. The number of nitrogens with zero attached hydrogens (tertiary/aromatic N) is 3. The van der Waals surface area contributed by atoms with Crippen LogP contribution in [-0.4, -0.2) is 25.5 Å². The zero-order chi connectivity index (χ0) is 20.7. The van der Waals surface area contributed by atoms with Gasteiger partial charge in [-0.1, -0.05) is 0 Å². The van der Waals surface area contributed by atoms with Gasteiger partial charge in [0.05, 0.1) is 12.1 Å². The van der Waals surface area contributed by atoms with E-state index in [0.717, 1.165) is 21.7 Å². The zero-order valence-corrected chi connectivity index (χ0v) is 16.9. The van der Waals surface area contributed by atoms with Crippen molar-refractivity contribution < 1.29 is 9.18 Å². The number of carbonyl (C=O) groups excluding carboxylic acids is 1. The second-order valence-corrected chi connectivity index (χ2v) is 7.93. The van der Waals surface area contributed by atoms with Crippen LogP contribution in [-0.2, 0) is 11.2 Å². The van der Waals surface area contributed by atoms with Crippen molar-refractivity contribution in [2.24, 2.45) is 0 Å². The van der Waals surface area contributed by atoms with Crippen LogP contribution < -0.4 is 10.9 Å². The molecule has 0 aliphatic heterocycles. The quantitative estimate of drug-likeness (QED) is 0.538. The third-order valence-electron chi connectivity index (χ3n) is 4.70. The van der Waals surface area contributed by atoms with E-state index in [-0.39, 0.29) is 23.7 Å². The maximum atomic E-state index is 13.2. The zero-order valence-electron chi connectivity index (χ0n) is 16.0. The Bertz CT molecular complexity index is 1290. The minimum absolute atomic E-state index is 0.103. The fourth-order valence-electron chi connectivity index (χ4n) is 3.26. The number of aryl methyl sites for hydroxylation is 3. The molecule has 0 saturated carbocycles. The van der Waals surface area contributed by atoms with Crippen molar-refractivity contribution in [2.75, 3.05) is 5.32 Å². The van der Waals surface area contributed by atoms with Crippen molar-refractivity contribution in [3.8, 4) is 11.3 Å². The summed E-state index contributed by atoms with van der Waals surface area (Å²) in [7, 11) is 0. The lowest BCUT2D eigenvalue weighted by Gasteiger charge is -2.11. The Balaban J connectivity index is 1.56. The number of hydrogen-bond acceptors (Lipinski definition) is 5. The molecular formula is C20H18FN5O2S. The van der Waals surface area contributed by atoms with Gasteiger partial charge in [-0.2, -0.15) is 0 Å². The van der Waals surface area contributed by atoms with Gasteiger partial charge in [-0.25, -0.2) is 18.9 Å². The molecule has 2 N–H and O–H groups in total. The van der Waals surface area contributed by atoms with Crippen LogP contribution in [0.2, 0.25) is 0 Å². The van der Waals surface area contributed by atoms with Crippen molar-refractivity contribution in [3.63, 3.8) is 0 Å². The molecule has 0 spiro atoms. The van der Waals surface area contributed by atoms with Crippen molar-refractivity contribution in [1.29, 1.82) is 0 Å². The van der Waals surface area contributed by atoms with Crippen LogP contribution in [0.3, 0.4) is 0 Å². The largest absolute Gasteiger partial charge is 0.302 e. The molecule has 4 aromatic rings. The summed E-state index contributed by atoms with van der Waals surface area (Å²) in [6.45, 7) is 5.55. The summed E-state index contributed by atoms with van der Waals surface area (Å²) in [5.74, 6) is -0.540. The molecule has 0 aliphatic rings. The monoisotopic (exact) mass is 411 g/mol. The first-order valence-corrected chi connectivity index (χ1v) is 9.74. The lowest BCUT2D eigenvalue weighted by Crippen LogP contribution is -2.17. The van der Waals surface area contributed by atoms with Crippen LogP contribution in [0.5, 0.6) is 0 Å². The Hall–Kier alpha value is -3.33. The first kappa shape index (κ1) is 19.0.